The Hall–Kier alpha value is -2.42. The molecule has 0 bridgehead atoms. The van der Waals surface area contributed by atoms with Crippen LogP contribution >= 0.6 is 23.2 Å². The van der Waals surface area contributed by atoms with Crippen LogP contribution < -0.4 is 4.74 Å². The van der Waals surface area contributed by atoms with E-state index in [4.69, 9.17) is 27.9 Å². The SMILES string of the molecule is Clc1cc(Cl)cc(COc2ccccc2-c2ccc3[nH]ccc3c2)c1. The van der Waals surface area contributed by atoms with Gasteiger partial charge in [0.2, 0.25) is 0 Å². The largest absolute Gasteiger partial charge is 0.488 e. The highest BCUT2D eigenvalue weighted by Gasteiger charge is 2.08. The minimum atomic E-state index is 0.406. The lowest BCUT2D eigenvalue weighted by Crippen LogP contribution is -1.97. The molecule has 2 nitrogen and oxygen atoms in total. The zero-order chi connectivity index (χ0) is 17.2. The summed E-state index contributed by atoms with van der Waals surface area (Å²) in [6.45, 7) is 0.406. The molecule has 25 heavy (non-hydrogen) atoms. The van der Waals surface area contributed by atoms with Gasteiger partial charge in [-0.1, -0.05) is 47.5 Å². The Bertz CT molecular complexity index is 1020. The van der Waals surface area contributed by atoms with Crippen molar-refractivity contribution in [1.29, 1.82) is 0 Å². The van der Waals surface area contributed by atoms with Gasteiger partial charge in [-0.2, -0.15) is 0 Å². The van der Waals surface area contributed by atoms with E-state index < -0.39 is 0 Å². The minimum Gasteiger partial charge on any atom is -0.488 e. The predicted octanol–water partition coefficient (Wildman–Crippen LogP) is 6.72. The van der Waals surface area contributed by atoms with Crippen molar-refractivity contribution in [3.8, 4) is 16.9 Å². The van der Waals surface area contributed by atoms with Gasteiger partial charge < -0.3 is 9.72 Å². The molecule has 124 valence electrons. The van der Waals surface area contributed by atoms with E-state index in [0.29, 0.717) is 16.7 Å². The first-order valence-electron chi connectivity index (χ1n) is 7.93. The van der Waals surface area contributed by atoms with Crippen LogP contribution in [-0.2, 0) is 6.61 Å². The summed E-state index contributed by atoms with van der Waals surface area (Å²) >= 11 is 12.1. The van der Waals surface area contributed by atoms with E-state index in [9.17, 15) is 0 Å². The lowest BCUT2D eigenvalue weighted by molar-refractivity contribution is 0.307. The van der Waals surface area contributed by atoms with E-state index in [1.807, 2.05) is 36.5 Å². The number of benzene rings is 3. The lowest BCUT2D eigenvalue weighted by Gasteiger charge is -2.12. The summed E-state index contributed by atoms with van der Waals surface area (Å²) in [6, 6.07) is 21.9. The number of rotatable bonds is 4. The van der Waals surface area contributed by atoms with Crippen LogP contribution in [0.15, 0.2) is 72.9 Å². The number of para-hydroxylation sites is 1. The van der Waals surface area contributed by atoms with Crippen molar-refractivity contribution < 1.29 is 4.74 Å². The average molecular weight is 368 g/mol. The number of fused-ring (bicyclic) bond motifs is 1. The van der Waals surface area contributed by atoms with Crippen LogP contribution in [0.5, 0.6) is 5.75 Å². The maximum Gasteiger partial charge on any atom is 0.127 e. The van der Waals surface area contributed by atoms with Gasteiger partial charge in [-0.15, -0.1) is 0 Å². The van der Waals surface area contributed by atoms with Gasteiger partial charge in [-0.3, -0.25) is 0 Å². The van der Waals surface area contributed by atoms with Crippen LogP contribution in [0.3, 0.4) is 0 Å². The molecular formula is C21H15Cl2NO. The maximum atomic E-state index is 6.06. The molecule has 1 heterocycles. The Morgan fingerprint density at radius 3 is 2.48 bits per heavy atom. The fourth-order valence-electron chi connectivity index (χ4n) is 2.91. The molecular weight excluding hydrogens is 353 g/mol. The highest BCUT2D eigenvalue weighted by molar-refractivity contribution is 6.34. The second kappa shape index (κ2) is 6.83. The molecule has 0 radical (unpaired) electrons. The molecule has 4 rings (SSSR count). The fourth-order valence-corrected chi connectivity index (χ4v) is 3.48. The van der Waals surface area contributed by atoms with Crippen molar-refractivity contribution in [2.24, 2.45) is 0 Å². The Labute approximate surface area is 156 Å². The molecule has 0 fully saturated rings. The van der Waals surface area contributed by atoms with Gasteiger partial charge in [0.05, 0.1) is 0 Å². The Kier molecular flexibility index (Phi) is 4.39. The first-order valence-corrected chi connectivity index (χ1v) is 8.69. The standard InChI is InChI=1S/C21H15Cl2NO/c22-17-9-14(10-18(23)12-17)13-25-21-4-2-1-3-19(21)15-5-6-20-16(11-15)7-8-24-20/h1-12,24H,13H2. The summed E-state index contributed by atoms with van der Waals surface area (Å²) in [5.41, 5.74) is 4.23. The van der Waals surface area contributed by atoms with Crippen LogP contribution in [0.25, 0.3) is 22.0 Å². The molecule has 0 saturated carbocycles. The highest BCUT2D eigenvalue weighted by Crippen LogP contribution is 2.32. The van der Waals surface area contributed by atoms with Crippen LogP contribution in [0.2, 0.25) is 10.0 Å². The van der Waals surface area contributed by atoms with E-state index in [-0.39, 0.29) is 0 Å². The third kappa shape index (κ3) is 3.51. The van der Waals surface area contributed by atoms with Gasteiger partial charge in [-0.05, 0) is 59.0 Å². The molecule has 4 heteroatoms. The van der Waals surface area contributed by atoms with E-state index in [1.54, 1.807) is 6.07 Å². The summed E-state index contributed by atoms with van der Waals surface area (Å²) < 4.78 is 6.06. The quantitative estimate of drug-likeness (QED) is 0.425. The number of ether oxygens (including phenoxy) is 1. The summed E-state index contributed by atoms with van der Waals surface area (Å²) in [7, 11) is 0. The molecule has 0 unspecified atom stereocenters. The fraction of sp³-hybridized carbons (Fsp3) is 0.0476. The zero-order valence-corrected chi connectivity index (χ0v) is 14.8. The Balaban J connectivity index is 1.64. The zero-order valence-electron chi connectivity index (χ0n) is 13.3. The number of aromatic nitrogens is 1. The molecule has 0 aliphatic heterocycles. The molecule has 0 spiro atoms. The maximum absolute atomic E-state index is 6.06. The molecule has 0 amide bonds. The summed E-state index contributed by atoms with van der Waals surface area (Å²) in [6.07, 6.45) is 1.94. The predicted molar refractivity (Wildman–Crippen MR) is 105 cm³/mol. The van der Waals surface area contributed by atoms with Gasteiger partial charge in [-0.25, -0.2) is 0 Å². The molecule has 1 N–H and O–H groups in total. The van der Waals surface area contributed by atoms with Crippen molar-refractivity contribution in [1.82, 2.24) is 4.98 Å². The molecule has 0 saturated heterocycles. The van der Waals surface area contributed by atoms with Crippen molar-refractivity contribution in [2.75, 3.05) is 0 Å². The van der Waals surface area contributed by atoms with E-state index in [1.165, 1.54) is 5.39 Å². The monoisotopic (exact) mass is 367 g/mol. The van der Waals surface area contributed by atoms with Gasteiger partial charge in [0.25, 0.3) is 0 Å². The number of hydrogen-bond donors (Lipinski definition) is 1. The number of H-pyrrole nitrogens is 1. The Morgan fingerprint density at radius 1 is 0.840 bits per heavy atom. The van der Waals surface area contributed by atoms with Crippen LogP contribution in [0, 0.1) is 0 Å². The van der Waals surface area contributed by atoms with Crippen LogP contribution in [-0.4, -0.2) is 4.98 Å². The molecule has 0 aliphatic carbocycles. The van der Waals surface area contributed by atoms with Gasteiger partial charge in [0, 0.05) is 27.3 Å². The number of halogens is 2. The van der Waals surface area contributed by atoms with Gasteiger partial charge >= 0.3 is 0 Å². The van der Waals surface area contributed by atoms with E-state index in [0.717, 1.165) is 28.0 Å². The number of nitrogens with one attached hydrogen (secondary N) is 1. The van der Waals surface area contributed by atoms with E-state index >= 15 is 0 Å². The van der Waals surface area contributed by atoms with Crippen molar-refractivity contribution in [3.63, 3.8) is 0 Å². The molecule has 0 aliphatic rings. The Morgan fingerprint density at radius 2 is 1.64 bits per heavy atom. The summed E-state index contributed by atoms with van der Waals surface area (Å²) in [4.78, 5) is 3.21. The first-order chi connectivity index (χ1) is 12.2. The second-order valence-electron chi connectivity index (χ2n) is 5.84. The molecule has 4 aromatic rings. The minimum absolute atomic E-state index is 0.406. The van der Waals surface area contributed by atoms with Crippen molar-refractivity contribution >= 4 is 34.1 Å². The summed E-state index contributed by atoms with van der Waals surface area (Å²) in [5.74, 6) is 0.827. The first kappa shape index (κ1) is 16.1. The van der Waals surface area contributed by atoms with Gasteiger partial charge in [0.15, 0.2) is 0 Å². The van der Waals surface area contributed by atoms with Crippen LogP contribution in [0.4, 0.5) is 0 Å². The lowest BCUT2D eigenvalue weighted by atomic mass is 10.0. The summed E-state index contributed by atoms with van der Waals surface area (Å²) in [5, 5.41) is 2.39. The van der Waals surface area contributed by atoms with Gasteiger partial charge in [0.1, 0.15) is 12.4 Å². The topological polar surface area (TPSA) is 25.0 Å². The second-order valence-corrected chi connectivity index (χ2v) is 6.72. The molecule has 0 atom stereocenters. The normalized spacial score (nSPS) is 11.0. The van der Waals surface area contributed by atoms with Crippen LogP contribution in [0.1, 0.15) is 5.56 Å². The highest BCUT2D eigenvalue weighted by atomic mass is 35.5. The van der Waals surface area contributed by atoms with E-state index in [2.05, 4.69) is 35.3 Å². The number of hydrogen-bond acceptors (Lipinski definition) is 1. The smallest absolute Gasteiger partial charge is 0.127 e. The average Bonchev–Trinajstić information content (AvgIpc) is 3.07. The number of aromatic amines is 1. The van der Waals surface area contributed by atoms with Crippen molar-refractivity contribution in [2.45, 2.75) is 6.61 Å². The van der Waals surface area contributed by atoms with Crippen molar-refractivity contribution in [3.05, 3.63) is 88.5 Å². The third-order valence-electron chi connectivity index (χ3n) is 4.07. The molecule has 3 aromatic carbocycles. The third-order valence-corrected chi connectivity index (χ3v) is 4.50. The molecule has 1 aromatic heterocycles.